The SMILES string of the molecule is CCN1C2CC(OC(=O)C(CO[N+](=O)[O-])c3ccccc3)CC1C1OC12. The second-order valence-corrected chi connectivity index (χ2v) is 7.04. The van der Waals surface area contributed by atoms with Crippen LogP contribution in [-0.4, -0.2) is 59.5 Å². The number of hydrogen-bond donors (Lipinski definition) is 0. The molecule has 0 N–H and O–H groups in total. The fraction of sp³-hybridized carbons (Fsp3) is 0.611. The van der Waals surface area contributed by atoms with Gasteiger partial charge in [-0.05, 0) is 12.1 Å². The van der Waals surface area contributed by atoms with E-state index in [-0.39, 0.29) is 24.9 Å². The van der Waals surface area contributed by atoms with Crippen LogP contribution in [0.3, 0.4) is 0 Å². The highest BCUT2D eigenvalue weighted by molar-refractivity contribution is 5.78. The topological polar surface area (TPSA) is 94.4 Å². The van der Waals surface area contributed by atoms with Crippen LogP contribution < -0.4 is 0 Å². The number of esters is 1. The summed E-state index contributed by atoms with van der Waals surface area (Å²) >= 11 is 0. The van der Waals surface area contributed by atoms with Crippen LogP contribution in [0.25, 0.3) is 0 Å². The maximum Gasteiger partial charge on any atom is 0.315 e. The normalized spacial score (nSPS) is 33.2. The lowest BCUT2D eigenvalue weighted by Gasteiger charge is -2.40. The predicted octanol–water partition coefficient (Wildman–Crippen LogP) is 1.52. The Bertz CT molecular complexity index is 666. The molecule has 1 aromatic rings. The number of carbonyl (C=O) groups is 1. The molecule has 0 saturated carbocycles. The summed E-state index contributed by atoms with van der Waals surface area (Å²) in [5.74, 6) is -1.28. The highest BCUT2D eigenvalue weighted by Crippen LogP contribution is 2.48. The van der Waals surface area contributed by atoms with Crippen molar-refractivity contribution in [3.8, 4) is 0 Å². The largest absolute Gasteiger partial charge is 0.462 e. The number of epoxide rings is 1. The molecule has 3 heterocycles. The first kappa shape index (κ1) is 17.2. The van der Waals surface area contributed by atoms with Crippen LogP contribution in [0.4, 0.5) is 0 Å². The molecular formula is C18H22N2O6. The zero-order chi connectivity index (χ0) is 18.3. The van der Waals surface area contributed by atoms with Crippen molar-refractivity contribution in [3.63, 3.8) is 0 Å². The number of carbonyl (C=O) groups excluding carboxylic acids is 1. The summed E-state index contributed by atoms with van der Waals surface area (Å²) in [6, 6.07) is 9.49. The standard InChI is InChI=1S/C18H22N2O6/c1-2-19-14-8-12(9-15(19)17-16(14)26-17)25-18(21)13(10-24-20(22)23)11-6-4-3-5-7-11/h3-7,12-17H,2,8-10H2,1H3. The molecule has 3 aliphatic rings. The van der Waals surface area contributed by atoms with Gasteiger partial charge in [0.25, 0.3) is 5.09 Å². The third kappa shape index (κ3) is 3.14. The second-order valence-electron chi connectivity index (χ2n) is 7.04. The Morgan fingerprint density at radius 1 is 1.31 bits per heavy atom. The molecule has 0 aliphatic carbocycles. The van der Waals surface area contributed by atoms with Gasteiger partial charge in [-0.2, -0.15) is 0 Å². The van der Waals surface area contributed by atoms with E-state index in [1.54, 1.807) is 24.3 Å². The Hall–Kier alpha value is -2.19. The first-order valence-corrected chi connectivity index (χ1v) is 9.02. The van der Waals surface area contributed by atoms with Gasteiger partial charge in [-0.25, -0.2) is 0 Å². The lowest BCUT2D eigenvalue weighted by atomic mass is 9.97. The summed E-state index contributed by atoms with van der Waals surface area (Å²) in [5.41, 5.74) is 0.652. The summed E-state index contributed by atoms with van der Waals surface area (Å²) in [5, 5.41) is 9.68. The van der Waals surface area contributed by atoms with E-state index in [0.717, 1.165) is 19.4 Å². The van der Waals surface area contributed by atoms with Gasteiger partial charge >= 0.3 is 5.97 Å². The lowest BCUT2D eigenvalue weighted by Crippen LogP contribution is -2.50. The minimum Gasteiger partial charge on any atom is -0.462 e. The van der Waals surface area contributed by atoms with Gasteiger partial charge in [-0.3, -0.25) is 9.69 Å². The molecule has 26 heavy (non-hydrogen) atoms. The van der Waals surface area contributed by atoms with E-state index >= 15 is 0 Å². The molecule has 4 rings (SSSR count). The molecule has 8 heteroatoms. The number of ether oxygens (including phenoxy) is 2. The van der Waals surface area contributed by atoms with E-state index in [1.807, 2.05) is 6.07 Å². The molecule has 5 atom stereocenters. The Morgan fingerprint density at radius 3 is 2.54 bits per heavy atom. The van der Waals surface area contributed by atoms with Gasteiger partial charge in [-0.1, -0.05) is 37.3 Å². The molecule has 0 aromatic heterocycles. The van der Waals surface area contributed by atoms with Gasteiger partial charge in [0.2, 0.25) is 0 Å². The van der Waals surface area contributed by atoms with E-state index in [0.29, 0.717) is 17.6 Å². The fourth-order valence-electron chi connectivity index (χ4n) is 4.49. The smallest absolute Gasteiger partial charge is 0.315 e. The van der Waals surface area contributed by atoms with Crippen molar-refractivity contribution in [1.82, 2.24) is 4.90 Å². The number of piperidine rings is 1. The maximum atomic E-state index is 12.7. The predicted molar refractivity (Wildman–Crippen MR) is 89.9 cm³/mol. The van der Waals surface area contributed by atoms with Crippen LogP contribution in [0.5, 0.6) is 0 Å². The number of benzene rings is 1. The van der Waals surface area contributed by atoms with Crippen molar-refractivity contribution in [1.29, 1.82) is 0 Å². The minimum absolute atomic E-state index is 0.182. The van der Waals surface area contributed by atoms with Crippen molar-refractivity contribution in [2.24, 2.45) is 0 Å². The first-order valence-electron chi connectivity index (χ1n) is 9.02. The molecule has 3 fully saturated rings. The molecular weight excluding hydrogens is 340 g/mol. The van der Waals surface area contributed by atoms with Crippen LogP contribution >= 0.6 is 0 Å². The zero-order valence-corrected chi connectivity index (χ0v) is 14.5. The number of rotatable bonds is 7. The fourth-order valence-corrected chi connectivity index (χ4v) is 4.49. The van der Waals surface area contributed by atoms with E-state index < -0.39 is 17.0 Å². The number of nitrogens with zero attached hydrogens (tertiary/aromatic N) is 2. The van der Waals surface area contributed by atoms with Crippen LogP contribution in [0.2, 0.25) is 0 Å². The quantitative estimate of drug-likeness (QED) is 0.314. The summed E-state index contributed by atoms with van der Waals surface area (Å²) in [4.78, 5) is 30.2. The average molecular weight is 362 g/mol. The van der Waals surface area contributed by atoms with E-state index in [2.05, 4.69) is 16.7 Å². The van der Waals surface area contributed by atoms with Gasteiger partial charge in [0, 0.05) is 24.9 Å². The molecule has 3 aliphatic heterocycles. The summed E-state index contributed by atoms with van der Waals surface area (Å²) < 4.78 is 11.5. The molecule has 140 valence electrons. The molecule has 5 unspecified atom stereocenters. The minimum atomic E-state index is -0.881. The number of hydrogen-bond acceptors (Lipinski definition) is 7. The van der Waals surface area contributed by atoms with Crippen LogP contribution in [-0.2, 0) is 19.1 Å². The van der Waals surface area contributed by atoms with Gasteiger partial charge in [0.05, 0.1) is 0 Å². The van der Waals surface area contributed by atoms with Gasteiger partial charge in [0.1, 0.15) is 30.8 Å². The van der Waals surface area contributed by atoms with Gasteiger partial charge in [0.15, 0.2) is 0 Å². The summed E-state index contributed by atoms with van der Waals surface area (Å²) in [6.07, 6.45) is 1.85. The maximum absolute atomic E-state index is 12.7. The van der Waals surface area contributed by atoms with E-state index in [4.69, 9.17) is 9.47 Å². The van der Waals surface area contributed by atoms with Crippen LogP contribution in [0.1, 0.15) is 31.2 Å². The Morgan fingerprint density at radius 2 is 1.96 bits per heavy atom. The summed E-state index contributed by atoms with van der Waals surface area (Å²) in [7, 11) is 0. The summed E-state index contributed by atoms with van der Waals surface area (Å²) in [6.45, 7) is 2.76. The van der Waals surface area contributed by atoms with Gasteiger partial charge < -0.3 is 14.3 Å². The highest BCUT2D eigenvalue weighted by Gasteiger charge is 2.63. The van der Waals surface area contributed by atoms with Crippen molar-refractivity contribution < 1.29 is 24.2 Å². The van der Waals surface area contributed by atoms with E-state index in [9.17, 15) is 14.9 Å². The Balaban J connectivity index is 1.43. The van der Waals surface area contributed by atoms with Crippen LogP contribution in [0.15, 0.2) is 30.3 Å². The third-order valence-corrected chi connectivity index (χ3v) is 5.66. The van der Waals surface area contributed by atoms with Crippen LogP contribution in [0, 0.1) is 10.1 Å². The average Bonchev–Trinajstić information content (AvgIpc) is 3.39. The molecule has 0 spiro atoms. The number of morpholine rings is 1. The van der Waals surface area contributed by atoms with Crippen molar-refractivity contribution in [3.05, 3.63) is 46.0 Å². The molecule has 2 bridgehead atoms. The molecule has 0 radical (unpaired) electrons. The molecule has 8 nitrogen and oxygen atoms in total. The lowest BCUT2D eigenvalue weighted by molar-refractivity contribution is -0.758. The Kier molecular flexibility index (Phi) is 4.54. The third-order valence-electron chi connectivity index (χ3n) is 5.66. The number of likely N-dealkylation sites (N-methyl/N-ethyl adjacent to an activating group) is 1. The monoisotopic (exact) mass is 362 g/mol. The van der Waals surface area contributed by atoms with Gasteiger partial charge in [-0.15, -0.1) is 10.1 Å². The first-order chi connectivity index (χ1) is 12.6. The Labute approximate surface area is 151 Å². The van der Waals surface area contributed by atoms with E-state index in [1.165, 1.54) is 0 Å². The highest BCUT2D eigenvalue weighted by atomic mass is 16.9. The second kappa shape index (κ2) is 6.85. The van der Waals surface area contributed by atoms with Crippen molar-refractivity contribution >= 4 is 5.97 Å². The van der Waals surface area contributed by atoms with Crippen molar-refractivity contribution in [2.45, 2.75) is 56.1 Å². The molecule has 3 saturated heterocycles. The number of fused-ring (bicyclic) bond motifs is 5. The van der Waals surface area contributed by atoms with Crippen molar-refractivity contribution in [2.75, 3.05) is 13.2 Å². The molecule has 0 amide bonds. The zero-order valence-electron chi connectivity index (χ0n) is 14.5. The molecule has 1 aromatic carbocycles.